The standard InChI is InChI=1S/C21H29N5O/c1-7-9-17(20-24-25-21(27-20)22-12-13-26(5)6)18(8-2)23-19-11-10-15(3)14-16(19)4/h7-11,14,23H,1,12-13H2,2-6H3,(H,22,25)/b17-9+,18-8+. The van der Waals surface area contributed by atoms with Crippen LogP contribution in [-0.4, -0.2) is 42.3 Å². The lowest BCUT2D eigenvalue weighted by atomic mass is 10.1. The van der Waals surface area contributed by atoms with Gasteiger partial charge in [0.2, 0.25) is 0 Å². The molecule has 6 heteroatoms. The number of hydrogen-bond donors (Lipinski definition) is 2. The summed E-state index contributed by atoms with van der Waals surface area (Å²) in [7, 11) is 4.03. The average Bonchev–Trinajstić information content (AvgIpc) is 3.08. The van der Waals surface area contributed by atoms with Gasteiger partial charge in [0, 0.05) is 24.5 Å². The Bertz CT molecular complexity index is 833. The number of rotatable bonds is 9. The Morgan fingerprint density at radius 2 is 2.04 bits per heavy atom. The first-order valence-electron chi connectivity index (χ1n) is 9.00. The fraction of sp³-hybridized carbons (Fsp3) is 0.333. The molecule has 0 aliphatic heterocycles. The number of nitrogens with one attached hydrogen (secondary N) is 2. The Morgan fingerprint density at radius 1 is 1.26 bits per heavy atom. The Balaban J connectivity index is 2.21. The zero-order valence-corrected chi connectivity index (χ0v) is 16.8. The van der Waals surface area contributed by atoms with Gasteiger partial charge in [0.05, 0.1) is 5.57 Å². The van der Waals surface area contributed by atoms with Crippen molar-refractivity contribution in [2.75, 3.05) is 37.8 Å². The summed E-state index contributed by atoms with van der Waals surface area (Å²) < 4.78 is 5.80. The molecule has 0 bridgehead atoms. The summed E-state index contributed by atoms with van der Waals surface area (Å²) in [6, 6.07) is 6.70. The van der Waals surface area contributed by atoms with Gasteiger partial charge in [0.1, 0.15) is 0 Å². The quantitative estimate of drug-likeness (QED) is 0.646. The van der Waals surface area contributed by atoms with Crippen molar-refractivity contribution in [2.24, 2.45) is 0 Å². The normalized spacial score (nSPS) is 12.4. The number of nitrogens with zero attached hydrogens (tertiary/aromatic N) is 3. The maximum Gasteiger partial charge on any atom is 0.315 e. The van der Waals surface area contributed by atoms with E-state index in [4.69, 9.17) is 4.42 Å². The molecule has 0 radical (unpaired) electrons. The number of allylic oxidation sites excluding steroid dienone is 4. The lowest BCUT2D eigenvalue weighted by Crippen LogP contribution is -2.20. The third-order valence-corrected chi connectivity index (χ3v) is 4.01. The minimum absolute atomic E-state index is 0.406. The van der Waals surface area contributed by atoms with Crippen molar-refractivity contribution in [3.63, 3.8) is 0 Å². The van der Waals surface area contributed by atoms with Crippen LogP contribution in [0.4, 0.5) is 11.7 Å². The summed E-state index contributed by atoms with van der Waals surface area (Å²) in [5.74, 6) is 0.438. The Hall–Kier alpha value is -2.86. The van der Waals surface area contributed by atoms with E-state index < -0.39 is 0 Å². The van der Waals surface area contributed by atoms with Gasteiger partial charge in [-0.15, -0.1) is 5.10 Å². The summed E-state index contributed by atoms with van der Waals surface area (Å²) in [6.07, 6.45) is 5.56. The van der Waals surface area contributed by atoms with Crippen LogP contribution in [0.5, 0.6) is 0 Å². The lowest BCUT2D eigenvalue weighted by molar-refractivity contribution is 0.422. The molecule has 2 rings (SSSR count). The highest BCUT2D eigenvalue weighted by atomic mass is 16.4. The van der Waals surface area contributed by atoms with Crippen LogP contribution in [0.25, 0.3) is 5.57 Å². The number of aryl methyl sites for hydroxylation is 2. The number of hydrogen-bond acceptors (Lipinski definition) is 6. The van der Waals surface area contributed by atoms with Crippen molar-refractivity contribution in [1.29, 1.82) is 0 Å². The van der Waals surface area contributed by atoms with Gasteiger partial charge < -0.3 is 20.0 Å². The molecule has 6 nitrogen and oxygen atoms in total. The second-order valence-corrected chi connectivity index (χ2v) is 6.60. The summed E-state index contributed by atoms with van der Waals surface area (Å²) in [6.45, 7) is 11.6. The average molecular weight is 367 g/mol. The van der Waals surface area contributed by atoms with Gasteiger partial charge in [-0.2, -0.15) is 0 Å². The number of anilines is 2. The van der Waals surface area contributed by atoms with Crippen LogP contribution in [-0.2, 0) is 0 Å². The molecule has 0 fully saturated rings. The van der Waals surface area contributed by atoms with Crippen molar-refractivity contribution in [2.45, 2.75) is 20.8 Å². The largest absolute Gasteiger partial charge is 0.403 e. The predicted molar refractivity (Wildman–Crippen MR) is 113 cm³/mol. The maximum atomic E-state index is 5.80. The number of benzene rings is 1. The second kappa shape index (κ2) is 9.73. The highest BCUT2D eigenvalue weighted by molar-refractivity contribution is 5.80. The van der Waals surface area contributed by atoms with Crippen molar-refractivity contribution < 1.29 is 4.42 Å². The molecule has 0 spiro atoms. The minimum Gasteiger partial charge on any atom is -0.403 e. The molecule has 0 unspecified atom stereocenters. The molecular formula is C21H29N5O. The van der Waals surface area contributed by atoms with Crippen LogP contribution in [0.1, 0.15) is 23.9 Å². The van der Waals surface area contributed by atoms with Crippen LogP contribution in [0.3, 0.4) is 0 Å². The smallest absolute Gasteiger partial charge is 0.315 e. The van der Waals surface area contributed by atoms with Crippen molar-refractivity contribution >= 4 is 17.3 Å². The third-order valence-electron chi connectivity index (χ3n) is 4.01. The van der Waals surface area contributed by atoms with E-state index in [-0.39, 0.29) is 0 Å². The molecule has 2 aromatic rings. The molecule has 2 N–H and O–H groups in total. The molecule has 1 aromatic heterocycles. The lowest BCUT2D eigenvalue weighted by Gasteiger charge is -2.14. The zero-order chi connectivity index (χ0) is 19.8. The Morgan fingerprint density at radius 3 is 2.67 bits per heavy atom. The number of likely N-dealkylation sites (N-methyl/N-ethyl adjacent to an activating group) is 1. The topological polar surface area (TPSA) is 66.2 Å². The van der Waals surface area contributed by atoms with E-state index in [0.29, 0.717) is 11.9 Å². The van der Waals surface area contributed by atoms with E-state index in [1.165, 1.54) is 11.1 Å². The first-order valence-corrected chi connectivity index (χ1v) is 9.00. The summed E-state index contributed by atoms with van der Waals surface area (Å²) in [4.78, 5) is 2.08. The molecule has 0 atom stereocenters. The molecule has 27 heavy (non-hydrogen) atoms. The molecule has 0 aliphatic carbocycles. The number of aromatic nitrogens is 2. The van der Waals surface area contributed by atoms with E-state index in [1.807, 2.05) is 33.2 Å². The molecule has 1 aromatic carbocycles. The van der Waals surface area contributed by atoms with Crippen LogP contribution in [0, 0.1) is 13.8 Å². The maximum absolute atomic E-state index is 5.80. The highest BCUT2D eigenvalue weighted by Crippen LogP contribution is 2.27. The van der Waals surface area contributed by atoms with Gasteiger partial charge in [-0.1, -0.05) is 41.5 Å². The van der Waals surface area contributed by atoms with E-state index in [9.17, 15) is 0 Å². The van der Waals surface area contributed by atoms with Gasteiger partial charge in [0.25, 0.3) is 5.89 Å². The van der Waals surface area contributed by atoms with Gasteiger partial charge in [-0.05, 0) is 52.6 Å². The van der Waals surface area contributed by atoms with Gasteiger partial charge in [-0.3, -0.25) is 0 Å². The van der Waals surface area contributed by atoms with E-state index >= 15 is 0 Å². The van der Waals surface area contributed by atoms with Gasteiger partial charge in [0.15, 0.2) is 0 Å². The van der Waals surface area contributed by atoms with E-state index in [2.05, 4.69) is 64.4 Å². The fourth-order valence-corrected chi connectivity index (χ4v) is 2.58. The zero-order valence-electron chi connectivity index (χ0n) is 16.8. The molecule has 0 aliphatic rings. The first-order chi connectivity index (χ1) is 12.9. The van der Waals surface area contributed by atoms with Gasteiger partial charge >= 0.3 is 6.01 Å². The second-order valence-electron chi connectivity index (χ2n) is 6.60. The minimum atomic E-state index is 0.406. The molecular weight excluding hydrogens is 338 g/mol. The third kappa shape index (κ3) is 5.82. The Labute approximate surface area is 161 Å². The molecule has 0 saturated heterocycles. The highest BCUT2D eigenvalue weighted by Gasteiger charge is 2.15. The fourth-order valence-electron chi connectivity index (χ4n) is 2.58. The van der Waals surface area contributed by atoms with E-state index in [1.54, 1.807) is 6.08 Å². The van der Waals surface area contributed by atoms with Crippen molar-refractivity contribution in [1.82, 2.24) is 15.1 Å². The van der Waals surface area contributed by atoms with E-state index in [0.717, 1.165) is 30.0 Å². The molecule has 0 amide bonds. The van der Waals surface area contributed by atoms with Crippen LogP contribution in [0.15, 0.2) is 53.1 Å². The molecule has 144 valence electrons. The Kier molecular flexibility index (Phi) is 7.37. The van der Waals surface area contributed by atoms with Crippen molar-refractivity contribution in [3.05, 3.63) is 65.7 Å². The molecule has 0 saturated carbocycles. The van der Waals surface area contributed by atoms with Crippen molar-refractivity contribution in [3.8, 4) is 0 Å². The summed E-state index contributed by atoms with van der Waals surface area (Å²) >= 11 is 0. The monoisotopic (exact) mass is 367 g/mol. The van der Waals surface area contributed by atoms with Crippen LogP contribution >= 0.6 is 0 Å². The molecule has 1 heterocycles. The summed E-state index contributed by atoms with van der Waals surface area (Å²) in [5, 5.41) is 14.9. The first kappa shape index (κ1) is 20.5. The van der Waals surface area contributed by atoms with Crippen LogP contribution < -0.4 is 10.6 Å². The summed E-state index contributed by atoms with van der Waals surface area (Å²) in [5.41, 5.74) is 5.11. The predicted octanol–water partition coefficient (Wildman–Crippen LogP) is 4.25. The van der Waals surface area contributed by atoms with Gasteiger partial charge in [-0.25, -0.2) is 0 Å². The van der Waals surface area contributed by atoms with Crippen LogP contribution in [0.2, 0.25) is 0 Å². The SMILES string of the molecule is C=C/C=C(\C(=C/C)Nc1ccc(C)cc1C)c1nnc(NCCN(C)C)o1.